The van der Waals surface area contributed by atoms with E-state index < -0.39 is 0 Å². The van der Waals surface area contributed by atoms with Gasteiger partial charge in [0.15, 0.2) is 0 Å². The third-order valence-electron chi connectivity index (χ3n) is 5.99. The lowest BCUT2D eigenvalue weighted by molar-refractivity contribution is -0.124. The molecule has 0 aliphatic carbocycles. The smallest absolute Gasteiger partial charge is 0.315 e. The number of carbonyl (C=O) groups excluding carboxylic acids is 2. The summed E-state index contributed by atoms with van der Waals surface area (Å²) in [5, 5.41) is 8.77. The topological polar surface area (TPSA) is 79.5 Å². The van der Waals surface area contributed by atoms with E-state index in [0.29, 0.717) is 25.4 Å². The molecule has 34 heavy (non-hydrogen) atoms. The standard InChI is InChI=1S/C28H31N3O3/c32-27(26-15-8-18-34-26)31-24-14-7-9-21(19-24)20-30-28(33)29-17-16-25(22-10-3-1-4-11-22)23-12-5-2-6-13-23/h1-7,9-14,19,25-26H,8,15-18,20H2,(H,31,32)(H2,29,30,33). The van der Waals surface area contributed by atoms with Crippen molar-refractivity contribution in [2.75, 3.05) is 18.5 Å². The summed E-state index contributed by atoms with van der Waals surface area (Å²) < 4.78 is 5.43. The molecule has 1 heterocycles. The Balaban J connectivity index is 1.26. The highest BCUT2D eigenvalue weighted by molar-refractivity contribution is 5.94. The Hall–Kier alpha value is -3.64. The van der Waals surface area contributed by atoms with Crippen molar-refractivity contribution in [2.24, 2.45) is 0 Å². The van der Waals surface area contributed by atoms with Gasteiger partial charge in [-0.05, 0) is 48.1 Å². The second-order valence-corrected chi connectivity index (χ2v) is 8.46. The van der Waals surface area contributed by atoms with Gasteiger partial charge in [0.2, 0.25) is 0 Å². The van der Waals surface area contributed by atoms with Gasteiger partial charge in [0.25, 0.3) is 5.91 Å². The highest BCUT2D eigenvalue weighted by Gasteiger charge is 2.23. The third kappa shape index (κ3) is 6.68. The van der Waals surface area contributed by atoms with Gasteiger partial charge in [0.05, 0.1) is 0 Å². The van der Waals surface area contributed by atoms with Crippen LogP contribution in [0.25, 0.3) is 0 Å². The summed E-state index contributed by atoms with van der Waals surface area (Å²) in [6.45, 7) is 1.56. The van der Waals surface area contributed by atoms with E-state index >= 15 is 0 Å². The van der Waals surface area contributed by atoms with Crippen molar-refractivity contribution >= 4 is 17.6 Å². The molecule has 3 aromatic rings. The molecule has 3 N–H and O–H groups in total. The Morgan fingerprint density at radius 3 is 2.24 bits per heavy atom. The number of urea groups is 1. The number of anilines is 1. The van der Waals surface area contributed by atoms with Crippen LogP contribution in [0, 0.1) is 0 Å². The molecule has 0 spiro atoms. The maximum absolute atomic E-state index is 12.4. The SMILES string of the molecule is O=C(NCCC(c1ccccc1)c1ccccc1)NCc1cccc(NC(=O)C2CCCO2)c1. The average Bonchev–Trinajstić information content (AvgIpc) is 3.42. The Kier molecular flexibility index (Phi) is 8.30. The second kappa shape index (κ2) is 12.0. The minimum atomic E-state index is -0.372. The molecule has 0 saturated carbocycles. The molecule has 1 unspecified atom stereocenters. The molecule has 1 aliphatic rings. The number of ether oxygens (including phenoxy) is 1. The average molecular weight is 458 g/mol. The molecule has 1 saturated heterocycles. The first-order valence-electron chi connectivity index (χ1n) is 11.8. The van der Waals surface area contributed by atoms with Crippen LogP contribution >= 0.6 is 0 Å². The lowest BCUT2D eigenvalue weighted by Gasteiger charge is -2.18. The highest BCUT2D eigenvalue weighted by Crippen LogP contribution is 2.27. The first kappa shape index (κ1) is 23.5. The molecule has 3 amide bonds. The van der Waals surface area contributed by atoms with Gasteiger partial charge in [-0.2, -0.15) is 0 Å². The zero-order chi connectivity index (χ0) is 23.6. The van der Waals surface area contributed by atoms with Gasteiger partial charge in [-0.1, -0.05) is 72.8 Å². The zero-order valence-electron chi connectivity index (χ0n) is 19.2. The third-order valence-corrected chi connectivity index (χ3v) is 5.99. The molecular weight excluding hydrogens is 426 g/mol. The van der Waals surface area contributed by atoms with E-state index in [4.69, 9.17) is 4.74 Å². The fraction of sp³-hybridized carbons (Fsp3) is 0.286. The Bertz CT molecular complexity index is 1030. The van der Waals surface area contributed by atoms with Gasteiger partial charge >= 0.3 is 6.03 Å². The van der Waals surface area contributed by atoms with E-state index in [2.05, 4.69) is 40.2 Å². The molecule has 1 aliphatic heterocycles. The lowest BCUT2D eigenvalue weighted by atomic mass is 9.88. The maximum atomic E-state index is 12.4. The molecule has 4 rings (SSSR count). The van der Waals surface area contributed by atoms with Crippen molar-refractivity contribution in [3.8, 4) is 0 Å². The van der Waals surface area contributed by atoms with Crippen LogP contribution in [0.2, 0.25) is 0 Å². The van der Waals surface area contributed by atoms with Crippen molar-refractivity contribution in [1.29, 1.82) is 0 Å². The van der Waals surface area contributed by atoms with Crippen molar-refractivity contribution in [3.63, 3.8) is 0 Å². The van der Waals surface area contributed by atoms with Crippen molar-refractivity contribution in [3.05, 3.63) is 102 Å². The highest BCUT2D eigenvalue weighted by atomic mass is 16.5. The Labute approximate surface area is 200 Å². The fourth-order valence-corrected chi connectivity index (χ4v) is 4.24. The molecular formula is C28H31N3O3. The molecule has 6 nitrogen and oxygen atoms in total. The molecule has 3 aromatic carbocycles. The number of nitrogens with one attached hydrogen (secondary N) is 3. The number of carbonyl (C=O) groups is 2. The van der Waals surface area contributed by atoms with Gasteiger partial charge < -0.3 is 20.7 Å². The van der Waals surface area contributed by atoms with E-state index in [1.54, 1.807) is 0 Å². The molecule has 1 atom stereocenters. The van der Waals surface area contributed by atoms with Gasteiger partial charge in [0.1, 0.15) is 6.10 Å². The lowest BCUT2D eigenvalue weighted by Crippen LogP contribution is -2.36. The molecule has 0 radical (unpaired) electrons. The van der Waals surface area contributed by atoms with Crippen LogP contribution in [-0.4, -0.2) is 31.2 Å². The Morgan fingerprint density at radius 2 is 1.59 bits per heavy atom. The fourth-order valence-electron chi connectivity index (χ4n) is 4.24. The summed E-state index contributed by atoms with van der Waals surface area (Å²) in [6.07, 6.45) is 2.09. The largest absolute Gasteiger partial charge is 0.368 e. The van der Waals surface area contributed by atoms with Crippen LogP contribution < -0.4 is 16.0 Å². The summed E-state index contributed by atoms with van der Waals surface area (Å²) in [5.41, 5.74) is 4.08. The first-order valence-corrected chi connectivity index (χ1v) is 11.8. The maximum Gasteiger partial charge on any atom is 0.315 e. The number of amides is 3. The summed E-state index contributed by atoms with van der Waals surface area (Å²) >= 11 is 0. The minimum Gasteiger partial charge on any atom is -0.368 e. The monoisotopic (exact) mass is 457 g/mol. The van der Waals surface area contributed by atoms with Crippen molar-refractivity contribution in [2.45, 2.75) is 37.8 Å². The van der Waals surface area contributed by atoms with E-state index in [1.165, 1.54) is 11.1 Å². The number of hydrogen-bond acceptors (Lipinski definition) is 3. The van der Waals surface area contributed by atoms with Gasteiger partial charge in [-0.25, -0.2) is 4.79 Å². The van der Waals surface area contributed by atoms with Crippen LogP contribution in [0.15, 0.2) is 84.9 Å². The molecule has 176 valence electrons. The quantitative estimate of drug-likeness (QED) is 0.431. The van der Waals surface area contributed by atoms with E-state index in [9.17, 15) is 9.59 Å². The van der Waals surface area contributed by atoms with Crippen LogP contribution in [0.4, 0.5) is 10.5 Å². The number of benzene rings is 3. The van der Waals surface area contributed by atoms with Gasteiger partial charge in [-0.15, -0.1) is 0 Å². The number of hydrogen-bond donors (Lipinski definition) is 3. The Morgan fingerprint density at radius 1 is 0.882 bits per heavy atom. The van der Waals surface area contributed by atoms with Crippen molar-refractivity contribution in [1.82, 2.24) is 10.6 Å². The predicted molar refractivity (Wildman–Crippen MR) is 134 cm³/mol. The molecule has 1 fully saturated rings. The van der Waals surface area contributed by atoms with E-state index in [0.717, 1.165) is 24.8 Å². The summed E-state index contributed by atoms with van der Waals surface area (Å²) in [6, 6.07) is 28.0. The van der Waals surface area contributed by atoms with Gasteiger partial charge in [0, 0.05) is 31.3 Å². The first-order chi connectivity index (χ1) is 16.7. The molecule has 6 heteroatoms. The summed E-state index contributed by atoms with van der Waals surface area (Å²) in [7, 11) is 0. The number of rotatable bonds is 9. The van der Waals surface area contributed by atoms with Crippen molar-refractivity contribution < 1.29 is 14.3 Å². The molecule has 0 bridgehead atoms. The normalized spacial score (nSPS) is 15.1. The predicted octanol–water partition coefficient (Wildman–Crippen LogP) is 4.83. The van der Waals surface area contributed by atoms with Crippen LogP contribution in [0.1, 0.15) is 41.9 Å². The van der Waals surface area contributed by atoms with Crippen LogP contribution in [0.3, 0.4) is 0 Å². The summed E-state index contributed by atoms with van der Waals surface area (Å²) in [5.74, 6) is 0.0959. The van der Waals surface area contributed by atoms with Crippen LogP contribution in [0.5, 0.6) is 0 Å². The van der Waals surface area contributed by atoms with Gasteiger partial charge in [-0.3, -0.25) is 4.79 Å². The van der Waals surface area contributed by atoms with E-state index in [1.807, 2.05) is 60.7 Å². The summed E-state index contributed by atoms with van der Waals surface area (Å²) in [4.78, 5) is 24.7. The zero-order valence-corrected chi connectivity index (χ0v) is 19.2. The van der Waals surface area contributed by atoms with Crippen LogP contribution in [-0.2, 0) is 16.1 Å². The molecule has 0 aromatic heterocycles. The minimum absolute atomic E-state index is 0.119. The second-order valence-electron chi connectivity index (χ2n) is 8.46. The van der Waals surface area contributed by atoms with E-state index in [-0.39, 0.29) is 24.0 Å².